The predicted octanol–water partition coefficient (Wildman–Crippen LogP) is 2.52. The zero-order valence-corrected chi connectivity index (χ0v) is 9.62. The molecule has 5 heteroatoms. The molecule has 3 rings (SSSR count). The van der Waals surface area contributed by atoms with Gasteiger partial charge in [0.2, 0.25) is 0 Å². The Hall–Kier alpha value is -2.82. The van der Waals surface area contributed by atoms with Gasteiger partial charge in [-0.3, -0.25) is 0 Å². The molecular formula is C14H10O5. The minimum Gasteiger partial charge on any atom is -0.507 e. The van der Waals surface area contributed by atoms with Crippen LogP contribution in [0.15, 0.2) is 30.3 Å². The minimum atomic E-state index is -0.394. The van der Waals surface area contributed by atoms with Crippen molar-refractivity contribution in [3.05, 3.63) is 30.3 Å². The molecule has 0 aliphatic carbocycles. The van der Waals surface area contributed by atoms with Gasteiger partial charge >= 0.3 is 0 Å². The van der Waals surface area contributed by atoms with E-state index in [0.29, 0.717) is 0 Å². The molecule has 0 fully saturated rings. The van der Waals surface area contributed by atoms with Crippen LogP contribution < -0.4 is 0 Å². The van der Waals surface area contributed by atoms with Crippen molar-refractivity contribution < 1.29 is 25.5 Å². The summed E-state index contributed by atoms with van der Waals surface area (Å²) in [7, 11) is 0. The summed E-state index contributed by atoms with van der Waals surface area (Å²) in [5.74, 6) is -1.51. The van der Waals surface area contributed by atoms with Crippen LogP contribution in [0.4, 0.5) is 0 Å². The van der Waals surface area contributed by atoms with Crippen molar-refractivity contribution in [2.75, 3.05) is 0 Å². The normalized spacial score (nSPS) is 11.2. The van der Waals surface area contributed by atoms with Gasteiger partial charge in [-0.1, -0.05) is 12.1 Å². The molecule has 0 unspecified atom stereocenters. The van der Waals surface area contributed by atoms with E-state index in [2.05, 4.69) is 0 Å². The molecule has 0 atom stereocenters. The Bertz CT molecular complexity index is 823. The summed E-state index contributed by atoms with van der Waals surface area (Å²) in [6.45, 7) is 0. The standard InChI is InChI=1S/C14H10O5/c15-7-3-1-2-6-10(7)14(19)12-9(17)5-4-8(16)11(12)13(6)18/h1-5,15-19H. The van der Waals surface area contributed by atoms with Crippen molar-refractivity contribution in [1.82, 2.24) is 0 Å². The Labute approximate surface area is 107 Å². The molecule has 0 aromatic heterocycles. The highest BCUT2D eigenvalue weighted by atomic mass is 16.3. The first-order valence-corrected chi connectivity index (χ1v) is 5.52. The van der Waals surface area contributed by atoms with Gasteiger partial charge in [0.15, 0.2) is 0 Å². The molecule has 0 saturated carbocycles. The van der Waals surface area contributed by atoms with Gasteiger partial charge in [0.1, 0.15) is 28.7 Å². The number of fused-ring (bicyclic) bond motifs is 2. The van der Waals surface area contributed by atoms with E-state index in [1.54, 1.807) is 0 Å². The Morgan fingerprint density at radius 1 is 0.526 bits per heavy atom. The molecular weight excluding hydrogens is 248 g/mol. The summed E-state index contributed by atoms with van der Waals surface area (Å²) in [5.41, 5.74) is 0. The second-order valence-corrected chi connectivity index (χ2v) is 4.25. The maximum Gasteiger partial charge on any atom is 0.139 e. The fourth-order valence-corrected chi connectivity index (χ4v) is 2.31. The van der Waals surface area contributed by atoms with Crippen molar-refractivity contribution in [3.8, 4) is 28.7 Å². The Kier molecular flexibility index (Phi) is 2.13. The van der Waals surface area contributed by atoms with Gasteiger partial charge in [0.25, 0.3) is 0 Å². The van der Waals surface area contributed by atoms with Gasteiger partial charge in [-0.15, -0.1) is 0 Å². The van der Waals surface area contributed by atoms with Crippen LogP contribution in [0.3, 0.4) is 0 Å². The quantitative estimate of drug-likeness (QED) is 0.315. The molecule has 5 nitrogen and oxygen atoms in total. The lowest BCUT2D eigenvalue weighted by molar-refractivity contribution is 0.448. The first kappa shape index (κ1) is 11.3. The maximum absolute atomic E-state index is 10.2. The second kappa shape index (κ2) is 3.58. The first-order valence-electron chi connectivity index (χ1n) is 5.52. The second-order valence-electron chi connectivity index (χ2n) is 4.25. The lowest BCUT2D eigenvalue weighted by Gasteiger charge is -2.12. The molecule has 5 N–H and O–H groups in total. The Balaban J connectivity index is 2.74. The van der Waals surface area contributed by atoms with Crippen molar-refractivity contribution >= 4 is 21.5 Å². The molecule has 0 saturated heterocycles. The van der Waals surface area contributed by atoms with Crippen molar-refractivity contribution in [2.45, 2.75) is 0 Å². The van der Waals surface area contributed by atoms with Crippen molar-refractivity contribution in [3.63, 3.8) is 0 Å². The third kappa shape index (κ3) is 1.35. The van der Waals surface area contributed by atoms with Gasteiger partial charge in [-0.05, 0) is 18.2 Å². The molecule has 19 heavy (non-hydrogen) atoms. The highest BCUT2D eigenvalue weighted by Crippen LogP contribution is 2.50. The smallest absolute Gasteiger partial charge is 0.139 e. The van der Waals surface area contributed by atoms with Crippen LogP contribution in [0.1, 0.15) is 0 Å². The fraction of sp³-hybridized carbons (Fsp3) is 0. The van der Waals surface area contributed by atoms with Crippen molar-refractivity contribution in [1.29, 1.82) is 0 Å². The maximum atomic E-state index is 10.2. The third-order valence-electron chi connectivity index (χ3n) is 3.17. The summed E-state index contributed by atoms with van der Waals surface area (Å²) in [6, 6.07) is 6.76. The number of aromatic hydroxyl groups is 5. The van der Waals surface area contributed by atoms with E-state index in [1.165, 1.54) is 30.3 Å². The molecule has 3 aromatic rings. The van der Waals surface area contributed by atoms with E-state index >= 15 is 0 Å². The highest BCUT2D eigenvalue weighted by Gasteiger charge is 2.20. The summed E-state index contributed by atoms with van der Waals surface area (Å²) in [6.07, 6.45) is 0. The molecule has 0 bridgehead atoms. The van der Waals surface area contributed by atoms with Crippen molar-refractivity contribution in [2.24, 2.45) is 0 Å². The summed E-state index contributed by atoms with van der Waals surface area (Å²) >= 11 is 0. The molecule has 0 aliphatic rings. The minimum absolute atomic E-state index is 0.0217. The zero-order chi connectivity index (χ0) is 13.7. The van der Waals surface area contributed by atoms with E-state index in [-0.39, 0.29) is 44.5 Å². The largest absolute Gasteiger partial charge is 0.507 e. The van der Waals surface area contributed by atoms with E-state index < -0.39 is 5.75 Å². The van der Waals surface area contributed by atoms with Gasteiger partial charge in [-0.2, -0.15) is 0 Å². The molecule has 0 radical (unpaired) electrons. The lowest BCUT2D eigenvalue weighted by Crippen LogP contribution is -1.83. The monoisotopic (exact) mass is 258 g/mol. The number of rotatable bonds is 0. The number of benzene rings is 3. The summed E-state index contributed by atoms with van der Waals surface area (Å²) in [5, 5.41) is 49.7. The Morgan fingerprint density at radius 3 is 1.68 bits per heavy atom. The van der Waals surface area contributed by atoms with E-state index in [4.69, 9.17) is 0 Å². The average Bonchev–Trinajstić information content (AvgIpc) is 2.38. The lowest BCUT2D eigenvalue weighted by atomic mass is 9.99. The van der Waals surface area contributed by atoms with Crippen LogP contribution >= 0.6 is 0 Å². The molecule has 96 valence electrons. The summed E-state index contributed by atoms with van der Waals surface area (Å²) in [4.78, 5) is 0. The number of hydrogen-bond acceptors (Lipinski definition) is 5. The predicted molar refractivity (Wildman–Crippen MR) is 69.8 cm³/mol. The highest BCUT2D eigenvalue weighted by molar-refractivity contribution is 6.16. The molecule has 0 spiro atoms. The summed E-state index contributed by atoms with van der Waals surface area (Å²) < 4.78 is 0. The fourth-order valence-electron chi connectivity index (χ4n) is 2.31. The van der Waals surface area contributed by atoms with Gasteiger partial charge < -0.3 is 25.5 Å². The molecule has 3 aromatic carbocycles. The molecule has 0 heterocycles. The van der Waals surface area contributed by atoms with Crippen LogP contribution in [0.2, 0.25) is 0 Å². The average molecular weight is 258 g/mol. The molecule has 0 aliphatic heterocycles. The van der Waals surface area contributed by atoms with E-state index in [1.807, 2.05) is 0 Å². The van der Waals surface area contributed by atoms with Gasteiger partial charge in [-0.25, -0.2) is 0 Å². The topological polar surface area (TPSA) is 101 Å². The van der Waals surface area contributed by atoms with Crippen LogP contribution in [0.5, 0.6) is 28.7 Å². The van der Waals surface area contributed by atoms with E-state index in [0.717, 1.165) is 0 Å². The van der Waals surface area contributed by atoms with Crippen LogP contribution in [-0.4, -0.2) is 25.5 Å². The number of phenolic OH excluding ortho intramolecular Hbond substituents is 5. The molecule has 0 amide bonds. The number of phenols is 5. The van der Waals surface area contributed by atoms with Crippen LogP contribution in [0, 0.1) is 0 Å². The van der Waals surface area contributed by atoms with E-state index in [9.17, 15) is 25.5 Å². The third-order valence-corrected chi connectivity index (χ3v) is 3.17. The van der Waals surface area contributed by atoms with Gasteiger partial charge in [0.05, 0.1) is 16.2 Å². The SMILES string of the molecule is Oc1cccc2c(O)c3c(O)ccc(O)c3c(O)c12. The zero-order valence-electron chi connectivity index (χ0n) is 9.62. The first-order chi connectivity index (χ1) is 9.02. The Morgan fingerprint density at radius 2 is 1.05 bits per heavy atom. The number of hydrogen-bond donors (Lipinski definition) is 5. The van der Waals surface area contributed by atoms with Gasteiger partial charge in [0, 0.05) is 5.39 Å². The van der Waals surface area contributed by atoms with Crippen LogP contribution in [-0.2, 0) is 0 Å². The van der Waals surface area contributed by atoms with Crippen LogP contribution in [0.25, 0.3) is 21.5 Å².